The SMILES string of the molecule is COC(=O)C(C)C1(C(=O)O)CC2C=CC1C2. The Morgan fingerprint density at radius 1 is 1.50 bits per heavy atom. The Balaban J connectivity index is 2.34. The maximum Gasteiger partial charge on any atom is 0.311 e. The minimum absolute atomic E-state index is 0.0240. The number of carboxylic acids is 1. The molecule has 16 heavy (non-hydrogen) atoms. The van der Waals surface area contributed by atoms with E-state index in [4.69, 9.17) is 0 Å². The third-order valence-corrected chi connectivity index (χ3v) is 4.16. The zero-order valence-electron chi connectivity index (χ0n) is 9.47. The van der Waals surface area contributed by atoms with Crippen molar-refractivity contribution in [1.82, 2.24) is 0 Å². The molecule has 0 heterocycles. The first kappa shape index (κ1) is 11.2. The molecule has 0 amide bonds. The molecule has 2 rings (SSSR count). The summed E-state index contributed by atoms with van der Waals surface area (Å²) in [4.78, 5) is 23.1. The third kappa shape index (κ3) is 1.29. The molecule has 0 spiro atoms. The van der Waals surface area contributed by atoms with Crippen LogP contribution in [-0.4, -0.2) is 24.2 Å². The third-order valence-electron chi connectivity index (χ3n) is 4.16. The van der Waals surface area contributed by atoms with Crippen LogP contribution in [0, 0.1) is 23.2 Å². The quantitative estimate of drug-likeness (QED) is 0.582. The highest BCUT2D eigenvalue weighted by molar-refractivity contribution is 5.85. The predicted molar refractivity (Wildman–Crippen MR) is 56.6 cm³/mol. The van der Waals surface area contributed by atoms with Crippen molar-refractivity contribution in [3.63, 3.8) is 0 Å². The van der Waals surface area contributed by atoms with Crippen LogP contribution in [0.1, 0.15) is 19.8 Å². The van der Waals surface area contributed by atoms with Crippen LogP contribution in [0.2, 0.25) is 0 Å². The highest BCUT2D eigenvalue weighted by Crippen LogP contribution is 2.56. The number of ether oxygens (including phenoxy) is 1. The average Bonchev–Trinajstić information content (AvgIpc) is 2.86. The Labute approximate surface area is 94.3 Å². The Kier molecular flexibility index (Phi) is 2.52. The molecule has 4 unspecified atom stereocenters. The van der Waals surface area contributed by atoms with Crippen LogP contribution in [0.15, 0.2) is 12.2 Å². The maximum absolute atomic E-state index is 11.6. The topological polar surface area (TPSA) is 63.6 Å². The van der Waals surface area contributed by atoms with Crippen molar-refractivity contribution in [2.75, 3.05) is 7.11 Å². The van der Waals surface area contributed by atoms with E-state index in [-0.39, 0.29) is 5.92 Å². The Morgan fingerprint density at radius 2 is 2.19 bits per heavy atom. The molecular weight excluding hydrogens is 208 g/mol. The molecule has 4 heteroatoms. The molecule has 0 aromatic rings. The van der Waals surface area contributed by atoms with Crippen LogP contribution in [-0.2, 0) is 14.3 Å². The molecule has 4 atom stereocenters. The first-order valence-corrected chi connectivity index (χ1v) is 5.52. The number of fused-ring (bicyclic) bond motifs is 2. The van der Waals surface area contributed by atoms with E-state index in [1.807, 2.05) is 6.08 Å². The molecule has 2 aliphatic rings. The van der Waals surface area contributed by atoms with E-state index in [1.165, 1.54) is 7.11 Å². The molecule has 0 aromatic carbocycles. The minimum Gasteiger partial charge on any atom is -0.481 e. The molecule has 0 saturated heterocycles. The Hall–Kier alpha value is -1.32. The van der Waals surface area contributed by atoms with Gasteiger partial charge in [0, 0.05) is 0 Å². The normalized spacial score (nSPS) is 37.4. The average molecular weight is 224 g/mol. The van der Waals surface area contributed by atoms with E-state index in [9.17, 15) is 14.7 Å². The van der Waals surface area contributed by atoms with Gasteiger partial charge in [-0.25, -0.2) is 0 Å². The van der Waals surface area contributed by atoms with Crippen molar-refractivity contribution in [3.05, 3.63) is 12.2 Å². The zero-order chi connectivity index (χ0) is 11.9. The van der Waals surface area contributed by atoms with Crippen LogP contribution in [0.25, 0.3) is 0 Å². The number of rotatable bonds is 3. The second kappa shape index (κ2) is 3.61. The largest absolute Gasteiger partial charge is 0.481 e. The lowest BCUT2D eigenvalue weighted by molar-refractivity contribution is -0.165. The number of hydrogen-bond donors (Lipinski definition) is 1. The van der Waals surface area contributed by atoms with Crippen LogP contribution < -0.4 is 0 Å². The molecule has 0 aromatic heterocycles. The van der Waals surface area contributed by atoms with Crippen LogP contribution in [0.4, 0.5) is 0 Å². The first-order valence-electron chi connectivity index (χ1n) is 5.52. The Bertz CT molecular complexity index is 360. The van der Waals surface area contributed by atoms with Gasteiger partial charge < -0.3 is 9.84 Å². The van der Waals surface area contributed by atoms with Crippen LogP contribution in [0.5, 0.6) is 0 Å². The molecule has 1 fully saturated rings. The van der Waals surface area contributed by atoms with Crippen molar-refractivity contribution >= 4 is 11.9 Å². The number of hydrogen-bond acceptors (Lipinski definition) is 3. The molecule has 4 nitrogen and oxygen atoms in total. The van der Waals surface area contributed by atoms with E-state index < -0.39 is 23.3 Å². The van der Waals surface area contributed by atoms with Crippen molar-refractivity contribution in [2.24, 2.45) is 23.2 Å². The van der Waals surface area contributed by atoms with Gasteiger partial charge in [-0.3, -0.25) is 9.59 Å². The summed E-state index contributed by atoms with van der Waals surface area (Å²) in [6.07, 6.45) is 5.42. The van der Waals surface area contributed by atoms with Gasteiger partial charge in [-0.05, 0) is 24.7 Å². The fourth-order valence-electron chi connectivity index (χ4n) is 3.21. The van der Waals surface area contributed by atoms with Gasteiger partial charge in [0.2, 0.25) is 0 Å². The molecule has 1 N–H and O–H groups in total. The summed E-state index contributed by atoms with van der Waals surface area (Å²) in [5.41, 5.74) is -0.952. The highest BCUT2D eigenvalue weighted by Gasteiger charge is 2.58. The standard InChI is InChI=1S/C12H16O4/c1-7(10(13)16-2)12(11(14)15)6-8-3-4-9(12)5-8/h3-4,7-9H,5-6H2,1-2H3,(H,14,15). The molecule has 1 saturated carbocycles. The number of carbonyl (C=O) groups excluding carboxylic acids is 1. The first-order chi connectivity index (χ1) is 7.52. The number of methoxy groups -OCH3 is 1. The minimum atomic E-state index is -0.952. The van der Waals surface area contributed by atoms with Gasteiger partial charge in [-0.2, -0.15) is 0 Å². The van der Waals surface area contributed by atoms with Crippen molar-refractivity contribution in [2.45, 2.75) is 19.8 Å². The van der Waals surface area contributed by atoms with Gasteiger partial charge in [0.25, 0.3) is 0 Å². The second-order valence-electron chi connectivity index (χ2n) is 4.78. The molecular formula is C12H16O4. The van der Waals surface area contributed by atoms with E-state index >= 15 is 0 Å². The van der Waals surface area contributed by atoms with Crippen molar-refractivity contribution in [1.29, 1.82) is 0 Å². The van der Waals surface area contributed by atoms with Gasteiger partial charge >= 0.3 is 11.9 Å². The highest BCUT2D eigenvalue weighted by atomic mass is 16.5. The molecule has 0 radical (unpaired) electrons. The number of allylic oxidation sites excluding steroid dienone is 2. The summed E-state index contributed by atoms with van der Waals surface area (Å²) in [6, 6.07) is 0. The van der Waals surface area contributed by atoms with Crippen LogP contribution in [0.3, 0.4) is 0 Å². The lowest BCUT2D eigenvalue weighted by atomic mass is 9.67. The van der Waals surface area contributed by atoms with Gasteiger partial charge in [0.1, 0.15) is 0 Å². The molecule has 2 aliphatic carbocycles. The maximum atomic E-state index is 11.6. The predicted octanol–water partition coefficient (Wildman–Crippen LogP) is 1.46. The van der Waals surface area contributed by atoms with Gasteiger partial charge in [-0.1, -0.05) is 19.1 Å². The monoisotopic (exact) mass is 224 g/mol. The van der Waals surface area contributed by atoms with Crippen molar-refractivity contribution in [3.8, 4) is 0 Å². The van der Waals surface area contributed by atoms with Gasteiger partial charge in [0.15, 0.2) is 0 Å². The van der Waals surface area contributed by atoms with Gasteiger partial charge in [-0.15, -0.1) is 0 Å². The Morgan fingerprint density at radius 3 is 2.56 bits per heavy atom. The smallest absolute Gasteiger partial charge is 0.311 e. The summed E-state index contributed by atoms with van der Waals surface area (Å²) in [7, 11) is 1.30. The fourth-order valence-corrected chi connectivity index (χ4v) is 3.21. The summed E-state index contributed by atoms with van der Waals surface area (Å²) in [5.74, 6) is -1.60. The van der Waals surface area contributed by atoms with E-state index in [0.717, 1.165) is 6.42 Å². The molecule has 2 bridgehead atoms. The van der Waals surface area contributed by atoms with E-state index in [2.05, 4.69) is 10.8 Å². The number of aliphatic carboxylic acids is 1. The lowest BCUT2D eigenvalue weighted by Crippen LogP contribution is -2.44. The zero-order valence-corrected chi connectivity index (χ0v) is 9.47. The van der Waals surface area contributed by atoms with Crippen LogP contribution >= 0.6 is 0 Å². The molecule has 88 valence electrons. The number of carbonyl (C=O) groups is 2. The summed E-state index contributed by atoms with van der Waals surface area (Å²) in [5, 5.41) is 9.46. The summed E-state index contributed by atoms with van der Waals surface area (Å²) < 4.78 is 4.68. The van der Waals surface area contributed by atoms with Gasteiger partial charge in [0.05, 0.1) is 18.4 Å². The second-order valence-corrected chi connectivity index (χ2v) is 4.78. The van der Waals surface area contributed by atoms with E-state index in [0.29, 0.717) is 12.3 Å². The summed E-state index contributed by atoms with van der Waals surface area (Å²) in [6.45, 7) is 1.66. The van der Waals surface area contributed by atoms with E-state index in [1.54, 1.807) is 6.92 Å². The number of esters is 1. The summed E-state index contributed by atoms with van der Waals surface area (Å²) >= 11 is 0. The van der Waals surface area contributed by atoms with Crippen molar-refractivity contribution < 1.29 is 19.4 Å². The molecule has 0 aliphatic heterocycles. The lowest BCUT2D eigenvalue weighted by Gasteiger charge is -2.35. The number of carboxylic acid groups (broad SMARTS) is 1. The fraction of sp³-hybridized carbons (Fsp3) is 0.667.